The van der Waals surface area contributed by atoms with Crippen LogP contribution in [0.2, 0.25) is 0 Å². The summed E-state index contributed by atoms with van der Waals surface area (Å²) in [6.45, 7) is 21.1. The highest BCUT2D eigenvalue weighted by molar-refractivity contribution is 8.77. The molecule has 19 atom stereocenters. The lowest BCUT2D eigenvalue weighted by atomic mass is 9.81. The molecular weight excluding hydrogens is 1520 g/mol. The zero-order valence-electron chi connectivity index (χ0n) is 66.6. The van der Waals surface area contributed by atoms with E-state index >= 15 is 0 Å². The van der Waals surface area contributed by atoms with Crippen molar-refractivity contribution in [2.45, 2.75) is 251 Å². The van der Waals surface area contributed by atoms with E-state index in [1.807, 2.05) is 20.1 Å². The zero-order chi connectivity index (χ0) is 80.1. The topological polar surface area (TPSA) is 338 Å². The Balaban J connectivity index is 0.533. The largest absolute Gasteiger partial charge is 0.461 e. The molecule has 11 aliphatic rings. The number of aromatic nitrogens is 3. The van der Waals surface area contributed by atoms with Crippen LogP contribution in [-0.2, 0) is 129 Å². The molecule has 1 spiro atoms. The van der Waals surface area contributed by atoms with E-state index in [1.54, 1.807) is 63.8 Å². The molecule has 0 aliphatic carbocycles. The van der Waals surface area contributed by atoms with Gasteiger partial charge in [0.1, 0.15) is 55.2 Å². The lowest BCUT2D eigenvalue weighted by Gasteiger charge is -2.47. The van der Waals surface area contributed by atoms with Gasteiger partial charge in [0.15, 0.2) is 5.79 Å². The highest BCUT2D eigenvalue weighted by Crippen LogP contribution is 2.55. The number of esters is 1. The Morgan fingerprint density at radius 2 is 1.36 bits per heavy atom. The maximum absolute atomic E-state index is 14.6. The monoisotopic (exact) mass is 1640 g/mol. The van der Waals surface area contributed by atoms with Crippen LogP contribution in [-0.4, -0.2) is 294 Å². The van der Waals surface area contributed by atoms with Gasteiger partial charge in [0.2, 0.25) is 5.91 Å². The summed E-state index contributed by atoms with van der Waals surface area (Å²) in [5.74, 6) is -2.62. The SMILES string of the molecule is C=C1C[C@@H]2CC[C@@]34C[C@H]5O[C@H]6[C@@H](O3)[C@H]3O[C@H](CC[C@@H]3O[C@H]6[C@H]5O4)CC(=O)C[C@@H]3[C@@H](OC)[C@@H](C[C@H](O)CCC(=O)OCc4ccc(N(CCOCCOCCOCCn5cc(COCCOCCOCCOCCNC(=O)CCN6C(=O)C=CC6=O)nn5)C(=O)OCC(C)(C)SSC)cc4)O[C@H]3C[C@H]3O[C@@H](CC[C@@H]1O2)C[C@@H](C)C3=C. The third-order valence-corrected chi connectivity index (χ3v) is 25.3. The number of Topliss-reactive ketones (excluding diaryl/α,β-unsaturated/α-hetero) is 1. The van der Waals surface area contributed by atoms with E-state index in [4.69, 9.17) is 85.3 Å². The second-order valence-corrected chi connectivity index (χ2v) is 34.8. The summed E-state index contributed by atoms with van der Waals surface area (Å²) in [4.78, 5) is 79.4. The fourth-order valence-electron chi connectivity index (χ4n) is 16.9. The van der Waals surface area contributed by atoms with Crippen molar-refractivity contribution in [1.82, 2.24) is 25.2 Å². The molecule has 12 bridgehead atoms. The van der Waals surface area contributed by atoms with Crippen molar-refractivity contribution in [3.8, 4) is 0 Å². The summed E-state index contributed by atoms with van der Waals surface area (Å²) in [7, 11) is 4.83. The Kier molecular flexibility index (Phi) is 33.2. The summed E-state index contributed by atoms with van der Waals surface area (Å²) in [6, 6.07) is 7.12. The molecule has 0 unspecified atom stereocenters. The Hall–Kier alpha value is -5.38. The quantitative estimate of drug-likeness (QED) is 0.0220. The predicted octanol–water partition coefficient (Wildman–Crippen LogP) is 7.07. The summed E-state index contributed by atoms with van der Waals surface area (Å²) in [5, 5.41) is 22.7. The van der Waals surface area contributed by atoms with Crippen molar-refractivity contribution >= 4 is 62.8 Å². The van der Waals surface area contributed by atoms with Gasteiger partial charge in [0.25, 0.3) is 11.8 Å². The molecule has 114 heavy (non-hydrogen) atoms. The van der Waals surface area contributed by atoms with E-state index in [0.717, 1.165) is 48.2 Å². The molecule has 11 aliphatic heterocycles. The van der Waals surface area contributed by atoms with Gasteiger partial charge in [-0.25, -0.2) is 9.48 Å². The number of ether oxygens (including phenoxy) is 18. The number of benzene rings is 1. The van der Waals surface area contributed by atoms with E-state index < -0.39 is 66.3 Å². The molecule has 33 heteroatoms. The van der Waals surface area contributed by atoms with Gasteiger partial charge < -0.3 is 95.7 Å². The van der Waals surface area contributed by atoms with Crippen LogP contribution in [0.15, 0.2) is 66.9 Å². The van der Waals surface area contributed by atoms with Crippen LogP contribution in [0.25, 0.3) is 0 Å². The standard InChI is InChI=1S/C81H118N6O25S2/c1-51-40-59-13-15-63-52(2)41-61(105-63)20-22-81-46-68-75(111-81)76-77(110-68)78(112-81)74-64(109-76)16-14-60(107-74)42-58(89)43-62-66(45-65(106-59)53(51)3)108-67(73(62)95-6)44-57(88)12-19-72(93)103-48-54-8-10-56(11-9-54)86(79(94)104-50-80(4,5)114-113-7)26-29-98-32-35-100-34-31-97-28-25-85-47-55(83-84-85)49-102-39-38-101-37-36-99-33-30-96-27-23-82-69(90)21-24-87-70(91)17-18-71(87)92/h8-11,17-18,47,51,57,59-68,73-78,88H,2-3,12-16,19-46,48-50H2,1,4-7H3,(H,82,90)/t51-,57-,59+,60-,61+,62+,63+,64+,65-,66+,67-,68-,73-,74+,75+,76+,77-,78+,81+/m1/s1. The second kappa shape index (κ2) is 43.0. The number of hydrogen-bond donors (Lipinski definition) is 2. The fraction of sp³-hybridized carbons (Fsp3) is 0.753. The number of carbonyl (C=O) groups is 6. The van der Waals surface area contributed by atoms with Gasteiger partial charge in [-0.15, -0.1) is 5.10 Å². The van der Waals surface area contributed by atoms with Gasteiger partial charge in [-0.1, -0.05) is 59.0 Å². The number of amides is 4. The molecule has 10 saturated heterocycles. The van der Waals surface area contributed by atoms with Gasteiger partial charge >= 0.3 is 12.1 Å². The molecular formula is C81H118N6O25S2. The summed E-state index contributed by atoms with van der Waals surface area (Å²) in [5.41, 5.74) is 4.01. The molecule has 0 saturated carbocycles. The van der Waals surface area contributed by atoms with Crippen LogP contribution in [0.5, 0.6) is 0 Å². The van der Waals surface area contributed by atoms with Crippen molar-refractivity contribution in [2.75, 3.05) is 130 Å². The number of ketones is 1. The third kappa shape index (κ3) is 24.7. The van der Waals surface area contributed by atoms with Crippen LogP contribution < -0.4 is 10.2 Å². The molecule has 1 aromatic carbocycles. The molecule has 1 aromatic heterocycles. The molecule has 0 radical (unpaired) electrons. The zero-order valence-corrected chi connectivity index (χ0v) is 68.2. The van der Waals surface area contributed by atoms with E-state index in [0.29, 0.717) is 135 Å². The fourth-order valence-corrected chi connectivity index (χ4v) is 19.0. The van der Waals surface area contributed by atoms with Crippen LogP contribution in [0, 0.1) is 11.8 Å². The lowest BCUT2D eigenvalue weighted by Crippen LogP contribution is -2.61. The average Bonchev–Trinajstić information content (AvgIpc) is 1.55. The van der Waals surface area contributed by atoms with Crippen LogP contribution in [0.4, 0.5) is 10.5 Å². The van der Waals surface area contributed by atoms with E-state index in [-0.39, 0.29) is 174 Å². The Bertz CT molecular complexity index is 3500. The van der Waals surface area contributed by atoms with Gasteiger partial charge in [0, 0.05) is 95.3 Å². The third-order valence-electron chi connectivity index (χ3n) is 22.8. The van der Waals surface area contributed by atoms with Gasteiger partial charge in [-0.05, 0) is 106 Å². The number of aliphatic hydroxyl groups is 1. The second-order valence-electron chi connectivity index (χ2n) is 31.7. The minimum absolute atomic E-state index is 0.0141. The summed E-state index contributed by atoms with van der Waals surface area (Å²) in [6.07, 6.45) is 7.76. The molecule has 31 nitrogen and oxygen atoms in total. The van der Waals surface area contributed by atoms with Crippen LogP contribution >= 0.6 is 21.6 Å². The van der Waals surface area contributed by atoms with E-state index in [2.05, 4.69) is 35.7 Å². The van der Waals surface area contributed by atoms with Gasteiger partial charge in [-0.2, -0.15) is 0 Å². The maximum Gasteiger partial charge on any atom is 0.414 e. The van der Waals surface area contributed by atoms with Gasteiger partial charge in [0.05, 0.1) is 184 Å². The molecule has 4 amide bonds. The first-order chi connectivity index (χ1) is 55.2. The number of rotatable bonds is 42. The molecule has 13 rings (SSSR count). The predicted molar refractivity (Wildman–Crippen MR) is 415 cm³/mol. The average molecular weight is 1640 g/mol. The number of carbonyl (C=O) groups excluding carboxylic acids is 6. The van der Waals surface area contributed by atoms with Crippen molar-refractivity contribution in [3.63, 3.8) is 0 Å². The number of imide groups is 1. The first kappa shape index (κ1) is 87.9. The van der Waals surface area contributed by atoms with E-state index in [9.17, 15) is 33.9 Å². The van der Waals surface area contributed by atoms with Crippen molar-refractivity contribution in [2.24, 2.45) is 11.8 Å². The van der Waals surface area contributed by atoms with Crippen LogP contribution in [0.1, 0.15) is 135 Å². The highest BCUT2D eigenvalue weighted by Gasteiger charge is 2.69. The smallest absolute Gasteiger partial charge is 0.414 e. The summed E-state index contributed by atoms with van der Waals surface area (Å²) < 4.78 is 114. The molecule has 10 fully saturated rings. The number of aliphatic hydroxyl groups excluding tert-OH is 1. The van der Waals surface area contributed by atoms with Crippen molar-refractivity contribution in [1.29, 1.82) is 0 Å². The minimum atomic E-state index is -0.963. The Morgan fingerprint density at radius 1 is 0.693 bits per heavy atom. The number of nitrogens with one attached hydrogen (secondary N) is 1. The number of hydrogen-bond acceptors (Lipinski definition) is 29. The molecule has 2 N–H and O–H groups in total. The summed E-state index contributed by atoms with van der Waals surface area (Å²) >= 11 is 0. The molecule has 12 heterocycles. The number of fused-ring (bicyclic) bond motifs is 6. The van der Waals surface area contributed by atoms with Crippen molar-refractivity contribution < 1.29 is 119 Å². The Labute approximate surface area is 675 Å². The van der Waals surface area contributed by atoms with E-state index in [1.165, 1.54) is 17.1 Å². The molecule has 2 aromatic rings. The van der Waals surface area contributed by atoms with Crippen LogP contribution in [0.3, 0.4) is 0 Å². The Morgan fingerprint density at radius 3 is 2.10 bits per heavy atom. The number of anilines is 1. The number of nitrogens with zero attached hydrogens (tertiary/aromatic N) is 5. The highest BCUT2D eigenvalue weighted by atomic mass is 33.1. The maximum atomic E-state index is 14.6. The minimum Gasteiger partial charge on any atom is -0.461 e. The number of methoxy groups -OCH3 is 1. The van der Waals surface area contributed by atoms with Gasteiger partial charge in [-0.3, -0.25) is 33.8 Å². The molecule has 634 valence electrons. The first-order valence-electron chi connectivity index (χ1n) is 40.7. The normalized spacial score (nSPS) is 30.9. The lowest BCUT2D eigenvalue weighted by molar-refractivity contribution is -0.292. The first-order valence-corrected chi connectivity index (χ1v) is 43.3. The van der Waals surface area contributed by atoms with Crippen molar-refractivity contribution in [3.05, 3.63) is 78.2 Å².